The van der Waals surface area contributed by atoms with E-state index in [2.05, 4.69) is 10.00 Å². The van der Waals surface area contributed by atoms with E-state index in [9.17, 15) is 19.3 Å². The quantitative estimate of drug-likeness (QED) is 0.275. The van der Waals surface area contributed by atoms with Crippen LogP contribution < -0.4 is 4.90 Å². The summed E-state index contributed by atoms with van der Waals surface area (Å²) in [6.45, 7) is 2.05. The van der Waals surface area contributed by atoms with Crippen LogP contribution in [0.1, 0.15) is 10.5 Å². The van der Waals surface area contributed by atoms with Crippen LogP contribution in [0.3, 0.4) is 0 Å². The monoisotopic (exact) mass is 505 g/mol. The number of piperazine rings is 1. The first-order valence-corrected chi connectivity index (χ1v) is 11.7. The minimum Gasteiger partial charge on any atom is -0.368 e. The average Bonchev–Trinajstić information content (AvgIpc) is 3.34. The van der Waals surface area contributed by atoms with Gasteiger partial charge in [0.2, 0.25) is 0 Å². The van der Waals surface area contributed by atoms with E-state index < -0.39 is 10.7 Å². The zero-order valence-electron chi connectivity index (χ0n) is 19.1. The van der Waals surface area contributed by atoms with E-state index in [1.54, 1.807) is 65.6 Å². The van der Waals surface area contributed by atoms with Gasteiger partial charge in [0, 0.05) is 54.6 Å². The molecule has 0 radical (unpaired) electrons. The van der Waals surface area contributed by atoms with E-state index in [0.29, 0.717) is 53.8 Å². The molecular weight excluding hydrogens is 485 g/mol. The number of hydrogen-bond donors (Lipinski definition) is 0. The van der Waals surface area contributed by atoms with Crippen molar-refractivity contribution in [1.29, 1.82) is 0 Å². The first-order valence-electron chi connectivity index (χ1n) is 11.3. The van der Waals surface area contributed by atoms with Crippen LogP contribution in [0.15, 0.2) is 78.9 Å². The van der Waals surface area contributed by atoms with E-state index in [1.165, 1.54) is 22.9 Å². The molecule has 3 aromatic carbocycles. The second kappa shape index (κ2) is 9.79. The van der Waals surface area contributed by atoms with E-state index in [1.807, 2.05) is 0 Å². The molecule has 10 heteroatoms. The maximum atomic E-state index is 14.5. The minimum atomic E-state index is -0.431. The Hall–Kier alpha value is -4.24. The van der Waals surface area contributed by atoms with Crippen LogP contribution in [0.5, 0.6) is 0 Å². The van der Waals surface area contributed by atoms with Crippen molar-refractivity contribution in [2.24, 2.45) is 0 Å². The smallest absolute Gasteiger partial charge is 0.272 e. The number of nitrogens with zero attached hydrogens (tertiary/aromatic N) is 5. The van der Waals surface area contributed by atoms with Crippen LogP contribution in [0.4, 0.5) is 15.8 Å². The van der Waals surface area contributed by atoms with E-state index in [4.69, 9.17) is 11.6 Å². The second-order valence-electron chi connectivity index (χ2n) is 8.34. The highest BCUT2D eigenvalue weighted by Gasteiger charge is 2.27. The Kier molecular flexibility index (Phi) is 6.39. The number of nitro groups is 1. The number of anilines is 1. The topological polar surface area (TPSA) is 84.5 Å². The predicted molar refractivity (Wildman–Crippen MR) is 135 cm³/mol. The summed E-state index contributed by atoms with van der Waals surface area (Å²) in [5, 5.41) is 16.0. The maximum absolute atomic E-state index is 14.5. The van der Waals surface area contributed by atoms with E-state index in [0.717, 1.165) is 5.69 Å². The number of carbonyl (C=O) groups is 1. The van der Waals surface area contributed by atoms with E-state index in [-0.39, 0.29) is 11.6 Å². The number of non-ortho nitro benzene ring substituents is 1. The van der Waals surface area contributed by atoms with Crippen molar-refractivity contribution < 1.29 is 14.1 Å². The number of rotatable bonds is 5. The van der Waals surface area contributed by atoms with Gasteiger partial charge in [0.25, 0.3) is 11.6 Å². The number of nitro benzene ring substituents is 1. The average molecular weight is 506 g/mol. The van der Waals surface area contributed by atoms with Crippen LogP contribution in [0, 0.1) is 15.9 Å². The zero-order chi connectivity index (χ0) is 25.2. The number of halogens is 2. The van der Waals surface area contributed by atoms with Crippen molar-refractivity contribution in [3.05, 3.63) is 106 Å². The van der Waals surface area contributed by atoms with Gasteiger partial charge in [-0.15, -0.1) is 0 Å². The highest BCUT2D eigenvalue weighted by molar-refractivity contribution is 6.30. The molecule has 0 atom stereocenters. The second-order valence-corrected chi connectivity index (χ2v) is 8.77. The lowest BCUT2D eigenvalue weighted by Gasteiger charge is -2.36. The van der Waals surface area contributed by atoms with E-state index >= 15 is 0 Å². The van der Waals surface area contributed by atoms with Crippen molar-refractivity contribution >= 4 is 28.9 Å². The van der Waals surface area contributed by atoms with Gasteiger partial charge in [0.15, 0.2) is 0 Å². The summed E-state index contributed by atoms with van der Waals surface area (Å²) in [7, 11) is 0. The summed E-state index contributed by atoms with van der Waals surface area (Å²) in [6, 6.07) is 21.2. The highest BCUT2D eigenvalue weighted by Crippen LogP contribution is 2.27. The maximum Gasteiger partial charge on any atom is 0.272 e. The Morgan fingerprint density at radius 1 is 0.917 bits per heavy atom. The standard InChI is InChI=1S/C26H21ClFN5O3/c27-18-5-7-20(8-6-18)32-25(17-24(29-32)22-3-1-2-4-23(22)28)26(34)31-15-13-30(14-16-31)19-9-11-21(12-10-19)33(35)36/h1-12,17H,13-16H2. The Balaban J connectivity index is 1.40. The number of carbonyl (C=O) groups excluding carboxylic acids is 1. The zero-order valence-corrected chi connectivity index (χ0v) is 19.8. The Bertz CT molecular complexity index is 1410. The Morgan fingerprint density at radius 3 is 2.19 bits per heavy atom. The summed E-state index contributed by atoms with van der Waals surface area (Å²) in [6.07, 6.45) is 0. The molecule has 1 saturated heterocycles. The van der Waals surface area contributed by atoms with Crippen molar-refractivity contribution in [1.82, 2.24) is 14.7 Å². The van der Waals surface area contributed by atoms with Gasteiger partial charge in [-0.2, -0.15) is 5.10 Å². The van der Waals surface area contributed by atoms with Gasteiger partial charge in [-0.25, -0.2) is 9.07 Å². The molecule has 4 aromatic rings. The number of aromatic nitrogens is 2. The first kappa shape index (κ1) is 23.5. The van der Waals surface area contributed by atoms with Crippen molar-refractivity contribution in [2.45, 2.75) is 0 Å². The molecule has 5 rings (SSSR count). The largest absolute Gasteiger partial charge is 0.368 e. The molecule has 1 aromatic heterocycles. The molecule has 2 heterocycles. The lowest BCUT2D eigenvalue weighted by atomic mass is 10.1. The number of hydrogen-bond acceptors (Lipinski definition) is 5. The minimum absolute atomic E-state index is 0.0358. The molecule has 1 amide bonds. The molecule has 0 unspecified atom stereocenters. The van der Waals surface area contributed by atoms with Crippen LogP contribution in [0.2, 0.25) is 5.02 Å². The van der Waals surface area contributed by atoms with Crippen LogP contribution in [-0.2, 0) is 0 Å². The van der Waals surface area contributed by atoms with Crippen molar-refractivity contribution in [3.8, 4) is 16.9 Å². The molecule has 1 fully saturated rings. The predicted octanol–water partition coefficient (Wildman–Crippen LogP) is 5.20. The molecule has 182 valence electrons. The third-order valence-electron chi connectivity index (χ3n) is 6.14. The Morgan fingerprint density at radius 2 is 1.56 bits per heavy atom. The van der Waals surface area contributed by atoms with Crippen molar-refractivity contribution in [3.63, 3.8) is 0 Å². The van der Waals surface area contributed by atoms with Gasteiger partial charge in [-0.3, -0.25) is 14.9 Å². The summed E-state index contributed by atoms with van der Waals surface area (Å²) in [5.41, 5.74) is 2.52. The first-order chi connectivity index (χ1) is 17.4. The molecule has 0 N–H and O–H groups in total. The van der Waals surface area contributed by atoms with Gasteiger partial charge in [0.1, 0.15) is 11.5 Å². The highest BCUT2D eigenvalue weighted by atomic mass is 35.5. The molecule has 0 spiro atoms. The van der Waals surface area contributed by atoms with Crippen LogP contribution >= 0.6 is 11.6 Å². The molecule has 0 aliphatic carbocycles. The third kappa shape index (κ3) is 4.65. The molecule has 0 saturated carbocycles. The van der Waals surface area contributed by atoms with Crippen molar-refractivity contribution in [2.75, 3.05) is 31.1 Å². The summed E-state index contributed by atoms with van der Waals surface area (Å²) in [4.78, 5) is 27.9. The fraction of sp³-hybridized carbons (Fsp3) is 0.154. The van der Waals surface area contributed by atoms with Gasteiger partial charge in [0.05, 0.1) is 16.3 Å². The van der Waals surface area contributed by atoms with Gasteiger partial charge < -0.3 is 9.80 Å². The third-order valence-corrected chi connectivity index (χ3v) is 6.39. The molecule has 1 aliphatic heterocycles. The molecule has 1 aliphatic rings. The molecule has 8 nitrogen and oxygen atoms in total. The number of benzene rings is 3. The Labute approximate surface area is 211 Å². The lowest BCUT2D eigenvalue weighted by Crippen LogP contribution is -2.49. The molecule has 0 bridgehead atoms. The van der Waals surface area contributed by atoms with Gasteiger partial charge in [-0.1, -0.05) is 23.7 Å². The number of amides is 1. The van der Waals surface area contributed by atoms with Gasteiger partial charge in [-0.05, 0) is 54.6 Å². The van der Waals surface area contributed by atoms with Crippen LogP contribution in [-0.4, -0.2) is 51.7 Å². The summed E-state index contributed by atoms with van der Waals surface area (Å²) < 4.78 is 16.0. The summed E-state index contributed by atoms with van der Waals surface area (Å²) in [5.74, 6) is -0.641. The van der Waals surface area contributed by atoms with Crippen LogP contribution in [0.25, 0.3) is 16.9 Å². The summed E-state index contributed by atoms with van der Waals surface area (Å²) >= 11 is 6.04. The SMILES string of the molecule is O=C(c1cc(-c2ccccc2F)nn1-c1ccc(Cl)cc1)N1CCN(c2ccc([N+](=O)[O-])cc2)CC1. The normalized spacial score (nSPS) is 13.6. The fourth-order valence-corrected chi connectivity index (χ4v) is 4.35. The molecule has 36 heavy (non-hydrogen) atoms. The lowest BCUT2D eigenvalue weighted by molar-refractivity contribution is -0.384. The molecular formula is C26H21ClFN5O3. The van der Waals surface area contributed by atoms with Gasteiger partial charge >= 0.3 is 0 Å². The fourth-order valence-electron chi connectivity index (χ4n) is 4.23.